The number of fused-ring (bicyclic) bond motifs is 1. The van der Waals surface area contributed by atoms with E-state index in [2.05, 4.69) is 10.6 Å². The fraction of sp³-hybridized carbons (Fsp3) is 0.364. The Morgan fingerprint density at radius 1 is 0.933 bits per heavy atom. The Morgan fingerprint density at radius 3 is 2.47 bits per heavy atom. The Bertz CT molecular complexity index is 884. The van der Waals surface area contributed by atoms with E-state index in [9.17, 15) is 9.59 Å². The number of carbonyl (C=O) groups excluding carboxylic acids is 2. The number of rotatable bonds is 6. The molecule has 0 radical (unpaired) electrons. The lowest BCUT2D eigenvalue weighted by Gasteiger charge is -2.32. The normalized spacial score (nSPS) is 16.7. The third-order valence-electron chi connectivity index (χ3n) is 5.40. The average molecular weight is 412 g/mol. The summed E-state index contributed by atoms with van der Waals surface area (Å²) in [6, 6.07) is 15.3. The minimum Gasteiger partial charge on any atom is -0.454 e. The number of amides is 2. The Balaban J connectivity index is 1.39. The fourth-order valence-electron chi connectivity index (χ4n) is 3.74. The van der Waals surface area contributed by atoms with E-state index in [1.54, 1.807) is 0 Å². The van der Waals surface area contributed by atoms with Crippen LogP contribution in [0.5, 0.6) is 11.5 Å². The van der Waals surface area contributed by atoms with Gasteiger partial charge in [-0.25, -0.2) is 0 Å². The average Bonchev–Trinajstić information content (AvgIpc) is 3.27. The van der Waals surface area contributed by atoms with Crippen molar-refractivity contribution in [1.82, 2.24) is 10.6 Å². The second kappa shape index (κ2) is 9.60. The molecule has 0 aromatic heterocycles. The number of nitrogens with one attached hydrogen (secondary N) is 3. The zero-order valence-corrected chi connectivity index (χ0v) is 16.7. The van der Waals surface area contributed by atoms with Crippen molar-refractivity contribution in [2.24, 2.45) is 0 Å². The predicted molar refractivity (Wildman–Crippen MR) is 108 cm³/mol. The van der Waals surface area contributed by atoms with E-state index < -0.39 is 11.8 Å². The van der Waals surface area contributed by atoms with Crippen LogP contribution in [-0.4, -0.2) is 51.5 Å². The van der Waals surface area contributed by atoms with Gasteiger partial charge in [-0.05, 0) is 23.8 Å². The van der Waals surface area contributed by atoms with Gasteiger partial charge < -0.3 is 29.7 Å². The quantitative estimate of drug-likeness (QED) is 0.572. The molecule has 0 spiro atoms. The number of ether oxygens (including phenoxy) is 3. The molecule has 158 valence electrons. The molecule has 0 unspecified atom stereocenters. The largest absolute Gasteiger partial charge is 0.454 e. The Labute approximate surface area is 175 Å². The molecule has 2 amide bonds. The minimum atomic E-state index is -0.639. The van der Waals surface area contributed by atoms with E-state index in [1.165, 1.54) is 4.90 Å². The van der Waals surface area contributed by atoms with E-state index in [-0.39, 0.29) is 12.8 Å². The van der Waals surface area contributed by atoms with Crippen molar-refractivity contribution in [3.63, 3.8) is 0 Å². The van der Waals surface area contributed by atoms with Crippen molar-refractivity contribution in [3.8, 4) is 11.5 Å². The lowest BCUT2D eigenvalue weighted by molar-refractivity contribution is -0.937. The lowest BCUT2D eigenvalue weighted by atomic mass is 10.0. The summed E-state index contributed by atoms with van der Waals surface area (Å²) in [4.78, 5) is 25.9. The standard InChI is InChI=1S/C22H25N3O5/c26-21(23-13-16-4-2-1-3-5-16)22(27)24-14-18(25-8-10-28-11-9-25)17-6-7-19-20(12-17)30-15-29-19/h1-7,12,18H,8-11,13-15H2,(H,23,26)(H,24,27)/p+1/t18-/m0/s1. The van der Waals surface area contributed by atoms with Crippen LogP contribution in [0.3, 0.4) is 0 Å². The van der Waals surface area contributed by atoms with Crippen LogP contribution in [0.25, 0.3) is 0 Å². The highest BCUT2D eigenvalue weighted by Gasteiger charge is 2.29. The van der Waals surface area contributed by atoms with Gasteiger partial charge >= 0.3 is 11.8 Å². The molecule has 1 saturated heterocycles. The Morgan fingerprint density at radius 2 is 1.67 bits per heavy atom. The van der Waals surface area contributed by atoms with Crippen LogP contribution in [0.15, 0.2) is 48.5 Å². The van der Waals surface area contributed by atoms with Crippen molar-refractivity contribution < 1.29 is 28.7 Å². The predicted octanol–water partition coefficient (Wildman–Crippen LogP) is -0.196. The fourth-order valence-corrected chi connectivity index (χ4v) is 3.74. The van der Waals surface area contributed by atoms with Crippen molar-refractivity contribution in [2.75, 3.05) is 39.6 Å². The van der Waals surface area contributed by atoms with E-state index in [4.69, 9.17) is 14.2 Å². The highest BCUT2D eigenvalue weighted by atomic mass is 16.7. The Kier molecular flexibility index (Phi) is 6.46. The van der Waals surface area contributed by atoms with Crippen molar-refractivity contribution in [3.05, 3.63) is 59.7 Å². The number of quaternary nitrogens is 1. The molecule has 1 fully saturated rings. The Hall–Kier alpha value is -3.10. The zero-order valence-electron chi connectivity index (χ0n) is 16.7. The third kappa shape index (κ3) is 4.90. The molecular weight excluding hydrogens is 386 g/mol. The SMILES string of the molecule is O=C(NCc1ccccc1)C(=O)NC[C@@H](c1ccc2c(c1)OCO2)[NH+]1CCOCC1. The molecule has 2 aromatic carbocycles. The molecule has 2 aliphatic heterocycles. The number of carbonyl (C=O) groups is 2. The summed E-state index contributed by atoms with van der Waals surface area (Å²) < 4.78 is 16.4. The maximum Gasteiger partial charge on any atom is 0.309 e. The van der Waals surface area contributed by atoms with E-state index in [1.807, 2.05) is 48.5 Å². The lowest BCUT2D eigenvalue weighted by Crippen LogP contribution is -3.15. The van der Waals surface area contributed by atoms with Gasteiger partial charge in [-0.1, -0.05) is 30.3 Å². The first-order valence-corrected chi connectivity index (χ1v) is 10.1. The van der Waals surface area contributed by atoms with Crippen LogP contribution in [-0.2, 0) is 20.9 Å². The summed E-state index contributed by atoms with van der Waals surface area (Å²) in [5.74, 6) is 0.153. The number of hydrogen-bond acceptors (Lipinski definition) is 5. The molecule has 2 aromatic rings. The molecule has 4 rings (SSSR count). The maximum atomic E-state index is 12.4. The molecule has 0 saturated carbocycles. The molecule has 8 nitrogen and oxygen atoms in total. The molecule has 0 aliphatic carbocycles. The summed E-state index contributed by atoms with van der Waals surface area (Å²) in [7, 11) is 0. The molecular formula is C22H26N3O5+. The summed E-state index contributed by atoms with van der Waals surface area (Å²) in [5, 5.41) is 5.46. The van der Waals surface area contributed by atoms with Crippen molar-refractivity contribution in [1.29, 1.82) is 0 Å². The van der Waals surface area contributed by atoms with Gasteiger partial charge in [-0.2, -0.15) is 0 Å². The van der Waals surface area contributed by atoms with E-state index in [0.717, 1.165) is 30.0 Å². The van der Waals surface area contributed by atoms with Crippen LogP contribution < -0.4 is 25.0 Å². The minimum absolute atomic E-state index is 0.0192. The summed E-state index contributed by atoms with van der Waals surface area (Å²) in [6.45, 7) is 3.86. The van der Waals surface area contributed by atoms with Crippen LogP contribution >= 0.6 is 0 Å². The molecule has 30 heavy (non-hydrogen) atoms. The van der Waals surface area contributed by atoms with Crippen LogP contribution in [0.4, 0.5) is 0 Å². The van der Waals surface area contributed by atoms with Gasteiger partial charge in [0.25, 0.3) is 0 Å². The smallest absolute Gasteiger partial charge is 0.309 e. The molecule has 0 bridgehead atoms. The molecule has 1 atom stereocenters. The monoisotopic (exact) mass is 412 g/mol. The summed E-state index contributed by atoms with van der Waals surface area (Å²) >= 11 is 0. The highest BCUT2D eigenvalue weighted by molar-refractivity contribution is 6.35. The van der Waals surface area contributed by atoms with Gasteiger partial charge in [0, 0.05) is 12.1 Å². The second-order valence-electron chi connectivity index (χ2n) is 7.31. The number of benzene rings is 2. The van der Waals surface area contributed by atoms with Gasteiger partial charge in [0.2, 0.25) is 6.79 Å². The van der Waals surface area contributed by atoms with Crippen LogP contribution in [0, 0.1) is 0 Å². The van der Waals surface area contributed by atoms with E-state index >= 15 is 0 Å². The first-order chi connectivity index (χ1) is 14.7. The maximum absolute atomic E-state index is 12.4. The second-order valence-corrected chi connectivity index (χ2v) is 7.31. The zero-order chi connectivity index (χ0) is 20.8. The van der Waals surface area contributed by atoms with Crippen molar-refractivity contribution >= 4 is 11.8 Å². The topological polar surface area (TPSA) is 90.3 Å². The van der Waals surface area contributed by atoms with Crippen molar-refractivity contribution in [2.45, 2.75) is 12.6 Å². The molecule has 2 aliphatic rings. The van der Waals surface area contributed by atoms with Crippen LogP contribution in [0.2, 0.25) is 0 Å². The van der Waals surface area contributed by atoms with Gasteiger partial charge in [0.15, 0.2) is 11.5 Å². The van der Waals surface area contributed by atoms with Crippen LogP contribution in [0.1, 0.15) is 17.2 Å². The summed E-state index contributed by atoms with van der Waals surface area (Å²) in [6.07, 6.45) is 0. The molecule has 8 heteroatoms. The van der Waals surface area contributed by atoms with Gasteiger partial charge in [-0.3, -0.25) is 9.59 Å². The van der Waals surface area contributed by atoms with Gasteiger partial charge in [-0.15, -0.1) is 0 Å². The molecule has 3 N–H and O–H groups in total. The number of hydrogen-bond donors (Lipinski definition) is 3. The number of morpholine rings is 1. The summed E-state index contributed by atoms with van der Waals surface area (Å²) in [5.41, 5.74) is 1.97. The first-order valence-electron chi connectivity index (χ1n) is 10.1. The van der Waals surface area contributed by atoms with Gasteiger partial charge in [0.05, 0.1) is 19.8 Å². The van der Waals surface area contributed by atoms with Gasteiger partial charge in [0.1, 0.15) is 19.1 Å². The first kappa shape index (κ1) is 20.2. The highest BCUT2D eigenvalue weighted by Crippen LogP contribution is 2.33. The molecule has 2 heterocycles. The third-order valence-corrected chi connectivity index (χ3v) is 5.40. The van der Waals surface area contributed by atoms with E-state index in [0.29, 0.717) is 32.1 Å².